The molecule has 150 valence electrons. The number of halogens is 5. The van der Waals surface area contributed by atoms with Crippen LogP contribution in [0.1, 0.15) is 28.8 Å². The summed E-state index contributed by atoms with van der Waals surface area (Å²) < 4.78 is 42.8. The van der Waals surface area contributed by atoms with Crippen LogP contribution in [-0.4, -0.2) is 24.0 Å². The Kier molecular flexibility index (Phi) is 10.8. The fourth-order valence-corrected chi connectivity index (χ4v) is 1.98. The molecule has 0 unspecified atom stereocenters. The molecule has 0 aliphatic carbocycles. The second-order valence-electron chi connectivity index (χ2n) is 5.26. The van der Waals surface area contributed by atoms with Gasteiger partial charge in [-0.2, -0.15) is 13.2 Å². The van der Waals surface area contributed by atoms with Gasteiger partial charge in [0.05, 0.1) is 5.56 Å². The molecule has 0 saturated carbocycles. The molecule has 0 spiro atoms. The molecule has 1 amide bonds. The Morgan fingerprint density at radius 2 is 1.74 bits per heavy atom. The fraction of sp³-hybridized carbons (Fsp3) is 0.294. The van der Waals surface area contributed by atoms with Crippen LogP contribution < -0.4 is 15.8 Å². The Bertz CT molecular complexity index is 696. The van der Waals surface area contributed by atoms with E-state index >= 15 is 0 Å². The summed E-state index contributed by atoms with van der Waals surface area (Å²) in [4.78, 5) is 15.5. The average Bonchev–Trinajstić information content (AvgIpc) is 2.59. The van der Waals surface area contributed by atoms with Gasteiger partial charge in [-0.1, -0.05) is 0 Å². The van der Waals surface area contributed by atoms with Crippen molar-refractivity contribution < 1.29 is 22.7 Å². The van der Waals surface area contributed by atoms with E-state index in [9.17, 15) is 18.0 Å². The fourth-order valence-electron chi connectivity index (χ4n) is 1.98. The number of unbranched alkanes of at least 4 members (excludes halogenated alkanes) is 1. The molecule has 0 fully saturated rings. The Hall–Kier alpha value is -2.03. The maximum atomic E-state index is 12.5. The molecule has 0 radical (unpaired) electrons. The van der Waals surface area contributed by atoms with Crippen LogP contribution in [0.2, 0.25) is 0 Å². The van der Waals surface area contributed by atoms with Gasteiger partial charge in [0.25, 0.3) is 5.91 Å². The quantitative estimate of drug-likeness (QED) is 0.651. The number of nitrogens with two attached hydrogens (primary N) is 1. The maximum absolute atomic E-state index is 12.5. The van der Waals surface area contributed by atoms with Crippen molar-refractivity contribution in [2.45, 2.75) is 19.0 Å². The van der Waals surface area contributed by atoms with Gasteiger partial charge in [-0.15, -0.1) is 24.8 Å². The first-order valence-electron chi connectivity index (χ1n) is 7.69. The van der Waals surface area contributed by atoms with Crippen molar-refractivity contribution >= 4 is 30.7 Å². The number of hydrogen-bond acceptors (Lipinski definition) is 4. The summed E-state index contributed by atoms with van der Waals surface area (Å²) in [5.41, 5.74) is 4.99. The number of aromatic nitrogens is 1. The van der Waals surface area contributed by atoms with Crippen LogP contribution in [0.4, 0.5) is 13.2 Å². The number of pyridine rings is 1. The minimum atomic E-state index is -4.44. The molecule has 0 atom stereocenters. The number of benzene rings is 1. The molecule has 0 aliphatic rings. The second kappa shape index (κ2) is 11.6. The highest BCUT2D eigenvalue weighted by atomic mass is 35.5. The van der Waals surface area contributed by atoms with Crippen molar-refractivity contribution in [1.82, 2.24) is 10.3 Å². The molecule has 1 aromatic heterocycles. The van der Waals surface area contributed by atoms with E-state index < -0.39 is 11.7 Å². The number of carbonyl (C=O) groups is 1. The van der Waals surface area contributed by atoms with Crippen molar-refractivity contribution in [2.75, 3.05) is 13.1 Å². The number of hydrogen-bond donors (Lipinski definition) is 2. The zero-order valence-corrected chi connectivity index (χ0v) is 15.8. The van der Waals surface area contributed by atoms with Gasteiger partial charge < -0.3 is 15.8 Å². The lowest BCUT2D eigenvalue weighted by Crippen LogP contribution is -2.24. The lowest BCUT2D eigenvalue weighted by molar-refractivity contribution is -0.137. The van der Waals surface area contributed by atoms with Gasteiger partial charge in [-0.25, -0.2) is 4.98 Å². The Morgan fingerprint density at radius 3 is 2.26 bits per heavy atom. The van der Waals surface area contributed by atoms with Gasteiger partial charge in [0, 0.05) is 24.4 Å². The molecule has 10 heteroatoms. The topological polar surface area (TPSA) is 77.2 Å². The molecule has 0 saturated heterocycles. The summed E-state index contributed by atoms with van der Waals surface area (Å²) in [6, 6.07) is 8.27. The van der Waals surface area contributed by atoms with Gasteiger partial charge in [-0.3, -0.25) is 4.79 Å². The third kappa shape index (κ3) is 8.03. The van der Waals surface area contributed by atoms with Crippen LogP contribution in [0, 0.1) is 0 Å². The minimum Gasteiger partial charge on any atom is -0.439 e. The largest absolute Gasteiger partial charge is 0.439 e. The van der Waals surface area contributed by atoms with E-state index in [1.165, 1.54) is 0 Å². The van der Waals surface area contributed by atoms with Gasteiger partial charge in [0.2, 0.25) is 5.88 Å². The predicted octanol–water partition coefficient (Wildman–Crippen LogP) is 4.21. The summed E-state index contributed by atoms with van der Waals surface area (Å²) in [5, 5.41) is 2.77. The van der Waals surface area contributed by atoms with Crippen molar-refractivity contribution in [3.05, 3.63) is 53.7 Å². The molecular weight excluding hydrogens is 406 g/mol. The van der Waals surface area contributed by atoms with E-state index in [1.807, 2.05) is 0 Å². The van der Waals surface area contributed by atoms with E-state index in [1.54, 1.807) is 24.3 Å². The standard InChI is InChI=1S/C17H18F3N3O2.2ClH/c18-17(19,20)13-5-8-15(23-11-13)25-14-6-3-12(4-7-14)16(24)22-10-2-1-9-21;;/h3-8,11H,1-2,9-10,21H2,(H,22,24);2*1H. The van der Waals surface area contributed by atoms with Crippen molar-refractivity contribution in [3.8, 4) is 11.6 Å². The van der Waals surface area contributed by atoms with Crippen LogP contribution in [0.5, 0.6) is 11.6 Å². The highest BCUT2D eigenvalue weighted by molar-refractivity contribution is 5.94. The molecule has 0 aliphatic heterocycles. The van der Waals surface area contributed by atoms with E-state index in [-0.39, 0.29) is 36.6 Å². The predicted molar refractivity (Wildman–Crippen MR) is 101 cm³/mol. The SMILES string of the molecule is Cl.Cl.NCCCCNC(=O)c1ccc(Oc2ccc(C(F)(F)F)cn2)cc1. The van der Waals surface area contributed by atoms with Gasteiger partial charge >= 0.3 is 6.18 Å². The van der Waals surface area contributed by atoms with Crippen LogP contribution in [0.15, 0.2) is 42.6 Å². The lowest BCUT2D eigenvalue weighted by Gasteiger charge is -2.09. The first kappa shape index (κ1) is 25.0. The highest BCUT2D eigenvalue weighted by Gasteiger charge is 2.30. The van der Waals surface area contributed by atoms with Crippen molar-refractivity contribution in [3.63, 3.8) is 0 Å². The maximum Gasteiger partial charge on any atom is 0.417 e. The molecular formula is C17H20Cl2F3N3O2. The molecule has 2 aromatic rings. The minimum absolute atomic E-state index is 0. The van der Waals surface area contributed by atoms with Gasteiger partial charge in [0.1, 0.15) is 5.75 Å². The van der Waals surface area contributed by atoms with Crippen molar-refractivity contribution in [2.24, 2.45) is 5.73 Å². The summed E-state index contributed by atoms with van der Waals surface area (Å²) >= 11 is 0. The molecule has 3 N–H and O–H groups in total. The number of rotatable bonds is 7. The van der Waals surface area contributed by atoms with Gasteiger partial charge in [-0.05, 0) is 49.7 Å². The van der Waals surface area contributed by atoms with E-state index in [2.05, 4.69) is 10.3 Å². The Balaban J connectivity index is 0.00000338. The summed E-state index contributed by atoms with van der Waals surface area (Å²) in [6.45, 7) is 1.13. The van der Waals surface area contributed by atoms with Gasteiger partial charge in [0.15, 0.2) is 0 Å². The van der Waals surface area contributed by atoms with Crippen molar-refractivity contribution in [1.29, 1.82) is 0 Å². The third-order valence-corrected chi connectivity index (χ3v) is 3.32. The second-order valence-corrected chi connectivity index (χ2v) is 5.26. The van der Waals surface area contributed by atoms with Crippen LogP contribution in [0.25, 0.3) is 0 Å². The Morgan fingerprint density at radius 1 is 1.07 bits per heavy atom. The normalized spacial score (nSPS) is 10.4. The first-order valence-corrected chi connectivity index (χ1v) is 7.69. The third-order valence-electron chi connectivity index (χ3n) is 3.32. The number of amides is 1. The monoisotopic (exact) mass is 425 g/mol. The number of nitrogens with zero attached hydrogens (tertiary/aromatic N) is 1. The summed E-state index contributed by atoms with van der Waals surface area (Å²) in [5.74, 6) is 0.190. The number of nitrogens with one attached hydrogen (secondary N) is 1. The lowest BCUT2D eigenvalue weighted by atomic mass is 10.2. The highest BCUT2D eigenvalue weighted by Crippen LogP contribution is 2.30. The molecule has 27 heavy (non-hydrogen) atoms. The number of ether oxygens (including phenoxy) is 1. The zero-order chi connectivity index (χ0) is 18.3. The smallest absolute Gasteiger partial charge is 0.417 e. The van der Waals surface area contributed by atoms with Crippen LogP contribution in [0.3, 0.4) is 0 Å². The first-order chi connectivity index (χ1) is 11.9. The molecule has 1 heterocycles. The van der Waals surface area contributed by atoms with E-state index in [0.29, 0.717) is 30.6 Å². The van der Waals surface area contributed by atoms with E-state index in [4.69, 9.17) is 10.5 Å². The molecule has 5 nitrogen and oxygen atoms in total. The molecule has 1 aromatic carbocycles. The van der Waals surface area contributed by atoms with E-state index in [0.717, 1.165) is 25.0 Å². The Labute approximate surface area is 167 Å². The summed E-state index contributed by atoms with van der Waals surface area (Å²) in [7, 11) is 0. The molecule has 0 bridgehead atoms. The number of carbonyl (C=O) groups excluding carboxylic acids is 1. The number of alkyl halides is 3. The van der Waals surface area contributed by atoms with Crippen LogP contribution in [-0.2, 0) is 6.18 Å². The average molecular weight is 426 g/mol. The summed E-state index contributed by atoms with van der Waals surface area (Å²) in [6.07, 6.45) is -2.08. The van der Waals surface area contributed by atoms with Crippen LogP contribution >= 0.6 is 24.8 Å². The zero-order valence-electron chi connectivity index (χ0n) is 14.2. The molecule has 2 rings (SSSR count).